The number of benzene rings is 4. The van der Waals surface area contributed by atoms with Crippen molar-refractivity contribution in [3.8, 4) is 11.1 Å². The Balaban J connectivity index is 1.23. The molecule has 20 heteroatoms. The maximum atomic E-state index is 15.0. The van der Waals surface area contributed by atoms with Gasteiger partial charge in [0.15, 0.2) is 23.1 Å². The number of carbonyl (C=O) groups is 4. The van der Waals surface area contributed by atoms with Crippen LogP contribution in [0.5, 0.6) is 0 Å². The van der Waals surface area contributed by atoms with Crippen molar-refractivity contribution in [2.24, 2.45) is 0 Å². The second kappa shape index (κ2) is 23.8. The van der Waals surface area contributed by atoms with Gasteiger partial charge in [0.25, 0.3) is 0 Å². The standard InChI is InChI=1S/C54H66N16O4/c1-67(2)29-13-25-55-49-61-50(56-26-14-30-68(3)4)64-53(63-49)59-39-23-21-33(41-43(39)47(73)37-19-11-9-17-35(37)45(41)71)34-22-24-40(44-42(34)46(72)36-18-10-12-20-38(36)48(44)74)60-54-65-51(57-27-15-31-69(5)6)62-52(66-54)58-28-16-32-70(7)8/h9-12,17-24H,13-16,25-32H2,1-8H3,(H3,55,56,59,61,63,64)(H3,57,58,60,62,65,66). The van der Waals surface area contributed by atoms with Crippen molar-refractivity contribution in [3.63, 3.8) is 0 Å². The molecule has 74 heavy (non-hydrogen) atoms. The van der Waals surface area contributed by atoms with Gasteiger partial charge in [-0.2, -0.15) is 29.9 Å². The molecule has 2 aliphatic rings. The highest BCUT2D eigenvalue weighted by Crippen LogP contribution is 2.44. The van der Waals surface area contributed by atoms with Crippen molar-refractivity contribution in [1.82, 2.24) is 49.5 Å². The van der Waals surface area contributed by atoms with Crippen molar-refractivity contribution in [3.05, 3.63) is 117 Å². The van der Waals surface area contributed by atoms with Crippen LogP contribution in [0.15, 0.2) is 72.8 Å². The van der Waals surface area contributed by atoms with E-state index in [1.54, 1.807) is 72.8 Å². The molecule has 20 nitrogen and oxygen atoms in total. The van der Waals surface area contributed by atoms with Crippen molar-refractivity contribution in [1.29, 1.82) is 0 Å². The van der Waals surface area contributed by atoms with Crippen LogP contribution < -0.4 is 31.9 Å². The van der Waals surface area contributed by atoms with Crippen molar-refractivity contribution in [2.45, 2.75) is 25.7 Å². The average Bonchev–Trinajstić information content (AvgIpc) is 3.37. The van der Waals surface area contributed by atoms with Crippen molar-refractivity contribution >= 4 is 70.2 Å². The van der Waals surface area contributed by atoms with Crippen LogP contribution in [0, 0.1) is 0 Å². The number of nitrogens with one attached hydrogen (secondary N) is 6. The smallest absolute Gasteiger partial charge is 0.233 e. The van der Waals surface area contributed by atoms with Crippen LogP contribution in [0.1, 0.15) is 89.4 Å². The Kier molecular flexibility index (Phi) is 16.9. The number of rotatable bonds is 25. The second-order valence-electron chi connectivity index (χ2n) is 19.4. The summed E-state index contributed by atoms with van der Waals surface area (Å²) in [6, 6.07) is 20.1. The van der Waals surface area contributed by atoms with Crippen LogP contribution in [0.3, 0.4) is 0 Å². The third kappa shape index (κ3) is 12.3. The topological polar surface area (TPSA) is 231 Å². The first-order valence-corrected chi connectivity index (χ1v) is 25.0. The Bertz CT molecular complexity index is 2780. The van der Waals surface area contributed by atoms with E-state index in [9.17, 15) is 9.59 Å². The fourth-order valence-electron chi connectivity index (χ4n) is 8.91. The monoisotopic (exact) mass is 1000 g/mol. The van der Waals surface area contributed by atoms with Gasteiger partial charge in [-0.05, 0) is 132 Å². The summed E-state index contributed by atoms with van der Waals surface area (Å²) in [5.41, 5.74) is 2.26. The molecule has 2 aromatic heterocycles. The van der Waals surface area contributed by atoms with Crippen LogP contribution in [-0.4, -0.2) is 181 Å². The van der Waals surface area contributed by atoms with Gasteiger partial charge in [-0.3, -0.25) is 19.2 Å². The van der Waals surface area contributed by atoms with E-state index in [1.165, 1.54) is 0 Å². The molecule has 2 heterocycles. The SMILES string of the molecule is CN(C)CCCNc1nc(NCCCN(C)C)nc(Nc2ccc(-c3ccc(Nc4nc(NCCCN(C)C)nc(NCCCN(C)C)n4)c4c3C(=O)c3ccccc3C4=O)c3c2C(=O)c2ccccc2C3=O)n1. The van der Waals surface area contributed by atoms with Gasteiger partial charge in [0.05, 0.1) is 22.5 Å². The minimum absolute atomic E-state index is 0.0614. The molecule has 386 valence electrons. The molecule has 0 unspecified atom stereocenters. The summed E-state index contributed by atoms with van der Waals surface area (Å²) < 4.78 is 0. The summed E-state index contributed by atoms with van der Waals surface area (Å²) in [6.07, 6.45) is 3.34. The normalized spacial score (nSPS) is 12.8. The number of carbonyl (C=O) groups excluding carboxylic acids is 4. The van der Waals surface area contributed by atoms with E-state index in [2.05, 4.69) is 61.5 Å². The fraction of sp³-hybridized carbons (Fsp3) is 0.370. The molecule has 4 aromatic carbocycles. The van der Waals surface area contributed by atoms with E-state index in [0.29, 0.717) is 50.0 Å². The minimum Gasteiger partial charge on any atom is -0.354 e. The van der Waals surface area contributed by atoms with Gasteiger partial charge >= 0.3 is 0 Å². The lowest BCUT2D eigenvalue weighted by molar-refractivity contribution is 0.0978. The first kappa shape index (κ1) is 52.5. The predicted octanol–water partition coefficient (Wildman–Crippen LogP) is 6.22. The molecule has 8 rings (SSSR count). The Morgan fingerprint density at radius 3 is 0.851 bits per heavy atom. The largest absolute Gasteiger partial charge is 0.354 e. The molecule has 0 amide bonds. The maximum Gasteiger partial charge on any atom is 0.233 e. The number of anilines is 8. The quantitative estimate of drug-likeness (QED) is 0.0349. The van der Waals surface area contributed by atoms with Gasteiger partial charge in [0.1, 0.15) is 0 Å². The summed E-state index contributed by atoms with van der Waals surface area (Å²) in [5.74, 6) is -0.0820. The number of aromatic nitrogens is 6. The van der Waals surface area contributed by atoms with Crippen LogP contribution in [0.4, 0.5) is 47.1 Å². The third-order valence-corrected chi connectivity index (χ3v) is 12.5. The zero-order valence-electron chi connectivity index (χ0n) is 43.5. The van der Waals surface area contributed by atoms with Gasteiger partial charge in [-0.1, -0.05) is 60.7 Å². The minimum atomic E-state index is -0.427. The summed E-state index contributed by atoms with van der Waals surface area (Å²) in [7, 11) is 16.1. The molecule has 0 spiro atoms. The van der Waals surface area contributed by atoms with Gasteiger partial charge < -0.3 is 51.5 Å². The van der Waals surface area contributed by atoms with Gasteiger partial charge in [-0.15, -0.1) is 0 Å². The van der Waals surface area contributed by atoms with Crippen molar-refractivity contribution < 1.29 is 19.2 Å². The first-order valence-electron chi connectivity index (χ1n) is 25.0. The van der Waals surface area contributed by atoms with E-state index in [4.69, 9.17) is 19.9 Å². The van der Waals surface area contributed by atoms with Crippen LogP contribution >= 0.6 is 0 Å². The van der Waals surface area contributed by atoms with Crippen LogP contribution in [0.25, 0.3) is 11.1 Å². The van der Waals surface area contributed by atoms with E-state index in [-0.39, 0.29) is 78.9 Å². The Morgan fingerprint density at radius 1 is 0.324 bits per heavy atom. The predicted molar refractivity (Wildman–Crippen MR) is 291 cm³/mol. The lowest BCUT2D eigenvalue weighted by Gasteiger charge is -2.26. The molecule has 0 radical (unpaired) electrons. The molecule has 0 atom stereocenters. The molecular formula is C54H66N16O4. The molecule has 0 bridgehead atoms. The Labute approximate surface area is 432 Å². The summed E-state index contributed by atoms with van der Waals surface area (Å²) in [5, 5.41) is 19.8. The lowest BCUT2D eigenvalue weighted by atomic mass is 9.75. The highest BCUT2D eigenvalue weighted by molar-refractivity contribution is 6.35. The zero-order chi connectivity index (χ0) is 52.5. The van der Waals surface area contributed by atoms with E-state index in [0.717, 1.165) is 51.9 Å². The number of fused-ring (bicyclic) bond motifs is 4. The number of ketones is 4. The third-order valence-electron chi connectivity index (χ3n) is 12.5. The molecule has 0 fully saturated rings. The summed E-state index contributed by atoms with van der Waals surface area (Å²) >= 11 is 0. The average molecular weight is 1000 g/mol. The first-order chi connectivity index (χ1) is 35.7. The number of nitrogens with zero attached hydrogens (tertiary/aromatic N) is 10. The number of hydrogen-bond donors (Lipinski definition) is 6. The molecule has 6 aromatic rings. The Morgan fingerprint density at radius 2 is 0.581 bits per heavy atom. The van der Waals surface area contributed by atoms with Crippen LogP contribution in [0.2, 0.25) is 0 Å². The van der Waals surface area contributed by atoms with Crippen LogP contribution in [-0.2, 0) is 0 Å². The van der Waals surface area contributed by atoms with E-state index < -0.39 is 23.1 Å². The van der Waals surface area contributed by atoms with Crippen molar-refractivity contribution in [2.75, 3.05) is 141 Å². The molecule has 0 saturated heterocycles. The fourth-order valence-corrected chi connectivity index (χ4v) is 8.91. The van der Waals surface area contributed by atoms with E-state index in [1.807, 2.05) is 56.4 Å². The molecular weight excluding hydrogens is 937 g/mol. The van der Waals surface area contributed by atoms with Gasteiger partial charge in [-0.25, -0.2) is 0 Å². The number of hydrogen-bond acceptors (Lipinski definition) is 20. The molecule has 0 aliphatic heterocycles. The highest BCUT2D eigenvalue weighted by atomic mass is 16.1. The Hall–Kier alpha value is -7.78. The molecule has 2 aliphatic carbocycles. The lowest BCUT2D eigenvalue weighted by Crippen LogP contribution is -2.25. The van der Waals surface area contributed by atoms with Gasteiger partial charge in [0.2, 0.25) is 35.7 Å². The summed E-state index contributed by atoms with van der Waals surface area (Å²) in [4.78, 5) is 96.4. The highest BCUT2D eigenvalue weighted by Gasteiger charge is 2.39. The molecule has 0 saturated carbocycles. The zero-order valence-corrected chi connectivity index (χ0v) is 43.5. The molecule has 6 N–H and O–H groups in total. The second-order valence-corrected chi connectivity index (χ2v) is 19.4. The van der Waals surface area contributed by atoms with Gasteiger partial charge in [0, 0.05) is 59.6 Å². The van der Waals surface area contributed by atoms with E-state index >= 15 is 9.59 Å². The maximum absolute atomic E-state index is 15.0. The summed E-state index contributed by atoms with van der Waals surface area (Å²) in [6.45, 7) is 5.82.